The molecule has 0 radical (unpaired) electrons. The molecule has 0 aromatic carbocycles. The maximum Gasteiger partial charge on any atom is 0.327 e. The van der Waals surface area contributed by atoms with E-state index in [1.54, 1.807) is 0 Å². The Morgan fingerprint density at radius 1 is 0.397 bits per heavy atom. The van der Waals surface area contributed by atoms with Gasteiger partial charge < -0.3 is 61.6 Å². The van der Waals surface area contributed by atoms with Crippen molar-refractivity contribution in [2.75, 3.05) is 13.2 Å². The molecule has 2 fully saturated rings. The number of alkyl halides is 1. The highest BCUT2D eigenvalue weighted by atomic mass is 79.9. The summed E-state index contributed by atoms with van der Waals surface area (Å²) in [6.07, 6.45) is -11.3. The molecule has 2 aliphatic heterocycles. The first kappa shape index (κ1) is 64.2. The van der Waals surface area contributed by atoms with Crippen molar-refractivity contribution in [2.24, 2.45) is 0 Å². The number of esters is 11. The van der Waals surface area contributed by atoms with E-state index in [4.69, 9.17) is 61.6 Å². The Labute approximate surface area is 373 Å². The van der Waals surface area contributed by atoms with Gasteiger partial charge in [-0.05, 0) is 0 Å². The van der Waals surface area contributed by atoms with Crippen LogP contribution < -0.4 is 0 Å². The number of ether oxygens (including phenoxy) is 13. The van der Waals surface area contributed by atoms with Gasteiger partial charge in [-0.25, -0.2) is 0 Å². The number of carbonyl (C=O) groups excluding carboxylic acids is 11. The zero-order chi connectivity index (χ0) is 45.6. The molecular weight excluding hydrogens is 920 g/mol. The van der Waals surface area contributed by atoms with Crippen LogP contribution in [0.15, 0.2) is 0 Å². The van der Waals surface area contributed by atoms with Gasteiger partial charge in [-0.2, -0.15) is 0 Å². The maximum absolute atomic E-state index is 11.9. The molecule has 0 aliphatic carbocycles. The highest BCUT2D eigenvalue weighted by molar-refractivity contribution is 9.09. The molecule has 0 spiro atoms. The summed E-state index contributed by atoms with van der Waals surface area (Å²) < 4.78 is 67.4. The second kappa shape index (κ2) is 28.3. The molecule has 0 aromatic heterocycles. The average molecular weight is 982 g/mol. The van der Waals surface area contributed by atoms with Crippen LogP contribution in [-0.4, -0.2) is 138 Å². The number of carbonyl (C=O) groups is 11. The van der Waals surface area contributed by atoms with Crippen molar-refractivity contribution in [3.05, 3.63) is 0 Å². The van der Waals surface area contributed by atoms with Crippen molar-refractivity contribution >= 4 is 81.6 Å². The molecule has 24 nitrogen and oxygen atoms in total. The van der Waals surface area contributed by atoms with E-state index in [2.05, 4.69) is 15.9 Å². The molecule has 2 rings (SSSR count). The summed E-state index contributed by atoms with van der Waals surface area (Å²) in [5.41, 5.74) is 0. The van der Waals surface area contributed by atoms with Crippen molar-refractivity contribution in [1.82, 2.24) is 0 Å². The van der Waals surface area contributed by atoms with Gasteiger partial charge in [0.25, 0.3) is 0 Å². The Morgan fingerprint density at radius 3 is 0.968 bits per heavy atom. The second-order valence-electron chi connectivity index (χ2n) is 12.2. The van der Waals surface area contributed by atoms with Gasteiger partial charge in [0.15, 0.2) is 23.3 Å². The fourth-order valence-corrected chi connectivity index (χ4v) is 6.08. The molecule has 0 bridgehead atoms. The molecular formula is C38H61BrO24. The lowest BCUT2D eigenvalue weighted by molar-refractivity contribution is -0.382. The van der Waals surface area contributed by atoms with Crippen LogP contribution in [0.4, 0.5) is 0 Å². The molecule has 364 valence electrons. The smallest absolute Gasteiger partial charge is 0.327 e. The van der Waals surface area contributed by atoms with E-state index in [1.165, 1.54) is 0 Å². The zero-order valence-corrected chi connectivity index (χ0v) is 35.3. The first-order chi connectivity index (χ1) is 27.2. The van der Waals surface area contributed by atoms with Gasteiger partial charge in [-0.15, -0.1) is 0 Å². The number of hydrogen-bond donors (Lipinski definition) is 0. The Balaban J connectivity index is -0.000000522. The summed E-state index contributed by atoms with van der Waals surface area (Å²) in [5.74, 6) is -14.7. The van der Waals surface area contributed by atoms with E-state index in [0.29, 0.717) is 0 Å². The molecule has 2 heterocycles. The average Bonchev–Trinajstić information content (AvgIpc) is 3.04. The Kier molecular flexibility index (Phi) is 28.8. The van der Waals surface area contributed by atoms with Gasteiger partial charge in [0, 0.05) is 76.2 Å². The van der Waals surface area contributed by atoms with E-state index in [-0.39, 0.29) is 29.7 Å². The van der Waals surface area contributed by atoms with E-state index in [1.807, 2.05) is 0 Å². The molecule has 2 aliphatic rings. The SMILES string of the molecule is C.C.C.C.CC(=O)OCC1OC(Br)C(OC(C)=O)C(OC(C)=O)C1(OC(C)=O)OC(C)=O.CC(=O)OCC1OC(OC(C)=O)C(OC(C)=O)C(OC(C)=O)C1(OC(C)=O)OC(C)=O. The first-order valence-corrected chi connectivity index (χ1v) is 17.9. The van der Waals surface area contributed by atoms with Gasteiger partial charge >= 0.3 is 77.2 Å². The normalized spacial score (nSPS) is 23.4. The van der Waals surface area contributed by atoms with Crippen molar-refractivity contribution in [1.29, 1.82) is 0 Å². The maximum atomic E-state index is 11.9. The molecule has 0 saturated carbocycles. The summed E-state index contributed by atoms with van der Waals surface area (Å²) in [6, 6.07) is 0. The number of halogens is 1. The van der Waals surface area contributed by atoms with Crippen LogP contribution in [0.3, 0.4) is 0 Å². The topological polar surface area (TPSA) is 308 Å². The third-order valence-electron chi connectivity index (χ3n) is 6.97. The first-order valence-electron chi connectivity index (χ1n) is 17.0. The van der Waals surface area contributed by atoms with Gasteiger partial charge in [-0.1, -0.05) is 45.6 Å². The predicted molar refractivity (Wildman–Crippen MR) is 213 cm³/mol. The second-order valence-corrected chi connectivity index (χ2v) is 13.1. The molecule has 0 N–H and O–H groups in total. The van der Waals surface area contributed by atoms with E-state index in [9.17, 15) is 52.7 Å². The summed E-state index contributed by atoms with van der Waals surface area (Å²) >= 11 is 3.13. The lowest BCUT2D eigenvalue weighted by atomic mass is 9.93. The minimum Gasteiger partial charge on any atom is -0.463 e. The van der Waals surface area contributed by atoms with Crippen LogP contribution in [0.5, 0.6) is 0 Å². The monoisotopic (exact) mass is 980 g/mol. The third-order valence-corrected chi connectivity index (χ3v) is 7.70. The standard InChI is InChI=1S/C18H24O13.C16H21BrO11.4CH4/c1-8(19)25-7-14-18(30-12(5)23,31-13(6)24)16(27-10(3)21)15(26-9(2)20)17(29-14)28-11(4)22;1-7(18)23-6-12-16(27-10(4)21,28-11(5)22)14(25-9(3)20)13(15(17)26-12)24-8(2)19;;;;/h14-17H,7H2,1-6H3;12-15H,6H2,1-5H3;4*1H4. The van der Waals surface area contributed by atoms with Crippen molar-refractivity contribution < 1.29 is 114 Å². The molecule has 2 saturated heterocycles. The lowest BCUT2D eigenvalue weighted by Crippen LogP contribution is -2.72. The van der Waals surface area contributed by atoms with Crippen LogP contribution in [0.1, 0.15) is 106 Å². The van der Waals surface area contributed by atoms with Crippen molar-refractivity contribution in [2.45, 2.75) is 165 Å². The van der Waals surface area contributed by atoms with Crippen molar-refractivity contribution in [3.63, 3.8) is 0 Å². The summed E-state index contributed by atoms with van der Waals surface area (Å²) in [7, 11) is 0. The minimum atomic E-state index is -2.56. The third kappa shape index (κ3) is 19.7. The molecule has 0 aromatic rings. The Hall–Kier alpha value is -5.43. The van der Waals surface area contributed by atoms with E-state index >= 15 is 0 Å². The highest BCUT2D eigenvalue weighted by Gasteiger charge is 2.67. The fourth-order valence-electron chi connectivity index (χ4n) is 5.43. The largest absolute Gasteiger partial charge is 0.463 e. The molecule has 8 atom stereocenters. The van der Waals surface area contributed by atoms with Crippen molar-refractivity contribution in [3.8, 4) is 0 Å². The summed E-state index contributed by atoms with van der Waals surface area (Å²) in [5, 5.41) is -1.08. The Morgan fingerprint density at radius 2 is 0.683 bits per heavy atom. The quantitative estimate of drug-likeness (QED) is 0.111. The molecule has 8 unspecified atom stereocenters. The van der Waals surface area contributed by atoms with E-state index < -0.39 is 138 Å². The lowest BCUT2D eigenvalue weighted by Gasteiger charge is -2.49. The fraction of sp³-hybridized carbons (Fsp3) is 0.711. The van der Waals surface area contributed by atoms with Crippen LogP contribution in [0.2, 0.25) is 0 Å². The molecule has 0 amide bonds. The van der Waals surface area contributed by atoms with Crippen LogP contribution in [-0.2, 0) is 114 Å². The predicted octanol–water partition coefficient (Wildman–Crippen LogP) is 2.42. The van der Waals surface area contributed by atoms with Crippen LogP contribution >= 0.6 is 15.9 Å². The highest BCUT2D eigenvalue weighted by Crippen LogP contribution is 2.41. The van der Waals surface area contributed by atoms with Crippen LogP contribution in [0, 0.1) is 0 Å². The summed E-state index contributed by atoms with van der Waals surface area (Å²) in [6.45, 7) is 10.1. The summed E-state index contributed by atoms with van der Waals surface area (Å²) in [4.78, 5) is 128. The van der Waals surface area contributed by atoms with Gasteiger partial charge in [-0.3, -0.25) is 52.7 Å². The van der Waals surface area contributed by atoms with Gasteiger partial charge in [0.2, 0.25) is 24.6 Å². The zero-order valence-electron chi connectivity index (χ0n) is 33.7. The van der Waals surface area contributed by atoms with Crippen LogP contribution in [0.25, 0.3) is 0 Å². The number of rotatable bonds is 13. The molecule has 25 heteroatoms. The molecule has 63 heavy (non-hydrogen) atoms. The van der Waals surface area contributed by atoms with Gasteiger partial charge in [0.05, 0.1) is 0 Å². The Bertz CT molecular complexity index is 1590. The number of hydrogen-bond acceptors (Lipinski definition) is 24. The minimum absolute atomic E-state index is 0. The van der Waals surface area contributed by atoms with Gasteiger partial charge in [0.1, 0.15) is 13.2 Å². The van der Waals surface area contributed by atoms with E-state index in [0.717, 1.165) is 76.2 Å².